The van der Waals surface area contributed by atoms with Crippen LogP contribution in [0.5, 0.6) is 0 Å². The molecule has 2 heterocycles. The summed E-state index contributed by atoms with van der Waals surface area (Å²) < 4.78 is 5.35. The lowest BCUT2D eigenvalue weighted by Gasteiger charge is -2.37. The van der Waals surface area contributed by atoms with E-state index in [9.17, 15) is 4.79 Å². The highest BCUT2D eigenvalue weighted by Gasteiger charge is 2.44. The summed E-state index contributed by atoms with van der Waals surface area (Å²) in [6, 6.07) is 0. The molecule has 2 aliphatic heterocycles. The zero-order valence-electron chi connectivity index (χ0n) is 15.9. The Labute approximate surface area is 147 Å². The van der Waals surface area contributed by atoms with Crippen LogP contribution in [-0.4, -0.2) is 99.8 Å². The van der Waals surface area contributed by atoms with Gasteiger partial charge in [-0.25, -0.2) is 0 Å². The smallest absolute Gasteiger partial charge is 0.236 e. The molecule has 0 aromatic carbocycles. The maximum atomic E-state index is 12.4. The first-order valence-electron chi connectivity index (χ1n) is 9.63. The Balaban J connectivity index is 0.00000100. The average Bonchev–Trinajstić information content (AvgIpc) is 3.37. The quantitative estimate of drug-likeness (QED) is 0.763. The van der Waals surface area contributed by atoms with Crippen molar-refractivity contribution in [2.75, 3.05) is 79.2 Å². The summed E-state index contributed by atoms with van der Waals surface area (Å²) in [5, 5.41) is 3.33. The number of piperazine rings is 2. The third kappa shape index (κ3) is 5.69. The third-order valence-electron chi connectivity index (χ3n) is 5.26. The Morgan fingerprint density at radius 2 is 1.62 bits per heavy atom. The van der Waals surface area contributed by atoms with Gasteiger partial charge in [0.1, 0.15) is 0 Å². The van der Waals surface area contributed by atoms with E-state index in [4.69, 9.17) is 4.74 Å². The molecule has 1 N–H and O–H groups in total. The van der Waals surface area contributed by atoms with Crippen molar-refractivity contribution in [1.82, 2.24) is 20.0 Å². The molecule has 2 saturated heterocycles. The second-order valence-corrected chi connectivity index (χ2v) is 7.12. The first kappa shape index (κ1) is 19.6. The lowest BCUT2D eigenvalue weighted by molar-refractivity contribution is -0.134. The fourth-order valence-electron chi connectivity index (χ4n) is 3.62. The summed E-state index contributed by atoms with van der Waals surface area (Å²) in [4.78, 5) is 19.2. The summed E-state index contributed by atoms with van der Waals surface area (Å²) in [5.74, 6) is 0.305. The molecule has 1 aliphatic carbocycles. The highest BCUT2D eigenvalue weighted by Crippen LogP contribution is 2.46. The average molecular weight is 341 g/mol. The van der Waals surface area contributed by atoms with E-state index in [2.05, 4.69) is 20.0 Å². The highest BCUT2D eigenvalue weighted by molar-refractivity contribution is 5.78. The number of hydrogen-bond acceptors (Lipinski definition) is 5. The third-order valence-corrected chi connectivity index (χ3v) is 5.26. The van der Waals surface area contributed by atoms with Crippen molar-refractivity contribution >= 4 is 5.91 Å². The van der Waals surface area contributed by atoms with Crippen molar-refractivity contribution in [2.24, 2.45) is 5.41 Å². The Kier molecular flexibility index (Phi) is 7.94. The van der Waals surface area contributed by atoms with Gasteiger partial charge in [0.2, 0.25) is 5.91 Å². The zero-order chi connectivity index (χ0) is 17.4. The predicted molar refractivity (Wildman–Crippen MR) is 97.2 cm³/mol. The molecule has 0 aromatic rings. The summed E-state index contributed by atoms with van der Waals surface area (Å²) >= 11 is 0. The molecule has 1 saturated carbocycles. The topological polar surface area (TPSA) is 48.1 Å². The Morgan fingerprint density at radius 1 is 1.00 bits per heavy atom. The molecule has 3 rings (SSSR count). The van der Waals surface area contributed by atoms with Gasteiger partial charge in [-0.15, -0.1) is 0 Å². The van der Waals surface area contributed by atoms with Crippen LogP contribution in [0.2, 0.25) is 0 Å². The van der Waals surface area contributed by atoms with Crippen LogP contribution in [0.15, 0.2) is 0 Å². The summed E-state index contributed by atoms with van der Waals surface area (Å²) in [5.41, 5.74) is 0.418. The van der Waals surface area contributed by atoms with Crippen molar-refractivity contribution in [3.8, 4) is 0 Å². The van der Waals surface area contributed by atoms with Crippen molar-refractivity contribution in [3.05, 3.63) is 0 Å². The molecule has 140 valence electrons. The fraction of sp³-hybridized carbons (Fsp3) is 0.944. The molecule has 0 atom stereocenters. The molecule has 0 aromatic heterocycles. The second-order valence-electron chi connectivity index (χ2n) is 7.12. The highest BCUT2D eigenvalue weighted by atomic mass is 16.5. The Bertz CT molecular complexity index is 373. The molecule has 1 amide bonds. The maximum Gasteiger partial charge on any atom is 0.236 e. The van der Waals surface area contributed by atoms with E-state index in [1.807, 2.05) is 13.8 Å². The largest absolute Gasteiger partial charge is 0.384 e. The van der Waals surface area contributed by atoms with Gasteiger partial charge in [0.25, 0.3) is 0 Å². The number of amides is 1. The molecule has 0 unspecified atom stereocenters. The lowest BCUT2D eigenvalue weighted by atomic mass is 10.1. The van der Waals surface area contributed by atoms with Crippen molar-refractivity contribution < 1.29 is 9.53 Å². The van der Waals surface area contributed by atoms with Crippen LogP contribution in [0.25, 0.3) is 0 Å². The minimum Gasteiger partial charge on any atom is -0.384 e. The molecule has 3 fully saturated rings. The van der Waals surface area contributed by atoms with Crippen molar-refractivity contribution in [2.45, 2.75) is 26.7 Å². The van der Waals surface area contributed by atoms with Crippen LogP contribution in [0.4, 0.5) is 0 Å². The van der Waals surface area contributed by atoms with Gasteiger partial charge in [-0.05, 0) is 12.8 Å². The van der Waals surface area contributed by atoms with Crippen LogP contribution in [0.3, 0.4) is 0 Å². The summed E-state index contributed by atoms with van der Waals surface area (Å²) in [6.45, 7) is 14.4. The van der Waals surface area contributed by atoms with E-state index in [0.29, 0.717) is 17.9 Å². The van der Waals surface area contributed by atoms with E-state index in [1.54, 1.807) is 7.11 Å². The van der Waals surface area contributed by atoms with Crippen LogP contribution in [-0.2, 0) is 9.53 Å². The maximum absolute atomic E-state index is 12.4. The van der Waals surface area contributed by atoms with Gasteiger partial charge < -0.3 is 15.0 Å². The monoisotopic (exact) mass is 340 g/mol. The Morgan fingerprint density at radius 3 is 2.17 bits per heavy atom. The molecule has 3 aliphatic rings. The van der Waals surface area contributed by atoms with Crippen LogP contribution in [0, 0.1) is 5.41 Å². The van der Waals surface area contributed by atoms with E-state index in [1.165, 1.54) is 12.8 Å². The number of rotatable bonds is 6. The van der Waals surface area contributed by atoms with Crippen molar-refractivity contribution in [1.29, 1.82) is 0 Å². The van der Waals surface area contributed by atoms with E-state index in [-0.39, 0.29) is 0 Å². The number of nitrogens with zero attached hydrogens (tertiary/aromatic N) is 3. The van der Waals surface area contributed by atoms with Crippen molar-refractivity contribution in [3.63, 3.8) is 0 Å². The van der Waals surface area contributed by atoms with Crippen LogP contribution < -0.4 is 5.32 Å². The number of nitrogens with one attached hydrogen (secondary N) is 1. The minimum absolute atomic E-state index is 0.305. The molecular formula is C18H36N4O2. The number of carbonyl (C=O) groups excluding carboxylic acids is 1. The van der Waals surface area contributed by atoms with Gasteiger partial charge >= 0.3 is 0 Å². The summed E-state index contributed by atoms with van der Waals surface area (Å²) in [6.07, 6.45) is 2.59. The first-order valence-corrected chi connectivity index (χ1v) is 9.63. The van der Waals surface area contributed by atoms with Gasteiger partial charge in [0.05, 0.1) is 13.2 Å². The first-order chi connectivity index (χ1) is 11.7. The van der Waals surface area contributed by atoms with E-state index in [0.717, 1.165) is 65.5 Å². The fourth-order valence-corrected chi connectivity index (χ4v) is 3.62. The predicted octanol–water partition coefficient (Wildman–Crippen LogP) is 0.489. The molecule has 24 heavy (non-hydrogen) atoms. The minimum atomic E-state index is 0.305. The van der Waals surface area contributed by atoms with Gasteiger partial charge in [-0.1, -0.05) is 13.8 Å². The lowest BCUT2D eigenvalue weighted by Crippen LogP contribution is -2.54. The normalized spacial score (nSPS) is 24.2. The standard InChI is InChI=1S/C16H30N4O2.C2H6/c1-22-14-16(2-3-16)13-19-8-10-20(11-9-19)15(21)12-18-6-4-17-5-7-18;1-2/h17H,2-14H2,1H3;1-2H3. The zero-order valence-corrected chi connectivity index (χ0v) is 15.9. The number of carbonyl (C=O) groups is 1. The molecule has 6 nitrogen and oxygen atoms in total. The molecule has 0 radical (unpaired) electrons. The number of methoxy groups -OCH3 is 1. The SMILES string of the molecule is CC.COCC1(CN2CCN(C(=O)CN3CCNCC3)CC2)CC1. The molecule has 0 bridgehead atoms. The number of ether oxygens (including phenoxy) is 1. The van der Waals surface area contributed by atoms with Crippen LogP contribution in [0.1, 0.15) is 26.7 Å². The summed E-state index contributed by atoms with van der Waals surface area (Å²) in [7, 11) is 1.80. The van der Waals surface area contributed by atoms with Gasteiger partial charge in [0, 0.05) is 71.4 Å². The van der Waals surface area contributed by atoms with Gasteiger partial charge in [-0.3, -0.25) is 14.6 Å². The van der Waals surface area contributed by atoms with Gasteiger partial charge in [-0.2, -0.15) is 0 Å². The molecule has 6 heteroatoms. The van der Waals surface area contributed by atoms with Crippen LogP contribution >= 0.6 is 0 Å². The molecular weight excluding hydrogens is 304 g/mol. The Hall–Kier alpha value is -0.690. The molecule has 0 spiro atoms. The van der Waals surface area contributed by atoms with E-state index < -0.39 is 0 Å². The number of hydrogen-bond donors (Lipinski definition) is 1. The van der Waals surface area contributed by atoms with Gasteiger partial charge in [0.15, 0.2) is 0 Å². The second kappa shape index (κ2) is 9.70. The van der Waals surface area contributed by atoms with E-state index >= 15 is 0 Å².